The van der Waals surface area contributed by atoms with Crippen molar-refractivity contribution in [3.63, 3.8) is 0 Å². The number of ether oxygens (including phenoxy) is 1. The van der Waals surface area contributed by atoms with E-state index < -0.39 is 23.8 Å². The van der Waals surface area contributed by atoms with E-state index in [9.17, 15) is 14.0 Å². The summed E-state index contributed by atoms with van der Waals surface area (Å²) in [7, 11) is 0. The molecule has 1 atom stereocenters. The molecule has 0 bridgehead atoms. The molecule has 4 nitrogen and oxygen atoms in total. The maximum atomic E-state index is 12.9. The van der Waals surface area contributed by atoms with E-state index in [2.05, 4.69) is 5.32 Å². The molecule has 2 aromatic rings. The number of carbonyl (C=O) groups is 2. The molecule has 2 aromatic carbocycles. The molecule has 0 aliphatic rings. The van der Waals surface area contributed by atoms with Gasteiger partial charge in [0.05, 0.1) is 0 Å². The maximum Gasteiger partial charge on any atom is 0.331 e. The lowest BCUT2D eigenvalue weighted by Gasteiger charge is -2.17. The Balaban J connectivity index is 2.20. The van der Waals surface area contributed by atoms with Crippen molar-refractivity contribution in [3.05, 3.63) is 78.1 Å². The van der Waals surface area contributed by atoms with Crippen molar-refractivity contribution in [1.82, 2.24) is 0 Å². The Labute approximate surface area is 133 Å². The second kappa shape index (κ2) is 7.89. The Morgan fingerprint density at radius 1 is 1.09 bits per heavy atom. The van der Waals surface area contributed by atoms with Gasteiger partial charge in [-0.15, -0.1) is 0 Å². The molecule has 0 saturated heterocycles. The third kappa shape index (κ3) is 4.78. The number of anilines is 1. The second-order valence-electron chi connectivity index (χ2n) is 4.72. The zero-order chi connectivity index (χ0) is 16.7. The zero-order valence-electron chi connectivity index (χ0n) is 12.5. The summed E-state index contributed by atoms with van der Waals surface area (Å²) in [5, 5.41) is 2.61. The summed E-state index contributed by atoms with van der Waals surface area (Å²) in [4.78, 5) is 24.1. The van der Waals surface area contributed by atoms with Gasteiger partial charge >= 0.3 is 5.97 Å². The molecular formula is C18H16FNO3. The second-order valence-corrected chi connectivity index (χ2v) is 4.72. The molecule has 118 valence electrons. The van der Waals surface area contributed by atoms with Gasteiger partial charge in [0.2, 0.25) is 6.10 Å². The Kier molecular flexibility index (Phi) is 5.63. The lowest BCUT2D eigenvalue weighted by atomic mass is 10.1. The van der Waals surface area contributed by atoms with Crippen LogP contribution < -0.4 is 5.32 Å². The monoisotopic (exact) mass is 313 g/mol. The van der Waals surface area contributed by atoms with E-state index >= 15 is 0 Å². The van der Waals surface area contributed by atoms with Crippen molar-refractivity contribution in [2.45, 2.75) is 13.0 Å². The number of rotatable bonds is 5. The first-order valence-corrected chi connectivity index (χ1v) is 7.05. The molecule has 1 N–H and O–H groups in total. The molecule has 0 radical (unpaired) electrons. The lowest BCUT2D eigenvalue weighted by Crippen LogP contribution is -2.25. The number of allylic oxidation sites excluding steroid dienone is 1. The summed E-state index contributed by atoms with van der Waals surface area (Å²) in [5.74, 6) is -1.53. The number of carbonyl (C=O) groups excluding carboxylic acids is 2. The van der Waals surface area contributed by atoms with Crippen LogP contribution in [0.4, 0.5) is 10.1 Å². The SMILES string of the molecule is C/C=C/C(=O)OC(C(=O)Nc1ccc(F)cc1)c1ccccc1. The molecular weight excluding hydrogens is 297 g/mol. The Bertz CT molecular complexity index is 696. The maximum absolute atomic E-state index is 12.9. The molecule has 0 spiro atoms. The fourth-order valence-electron chi connectivity index (χ4n) is 1.93. The minimum Gasteiger partial charge on any atom is -0.444 e. The van der Waals surface area contributed by atoms with Gasteiger partial charge in [0.15, 0.2) is 0 Å². The van der Waals surface area contributed by atoms with Crippen molar-refractivity contribution in [2.24, 2.45) is 0 Å². The van der Waals surface area contributed by atoms with Crippen LogP contribution in [0.3, 0.4) is 0 Å². The Morgan fingerprint density at radius 2 is 1.74 bits per heavy atom. The summed E-state index contributed by atoms with van der Waals surface area (Å²) in [6, 6.07) is 14.0. The first-order valence-electron chi connectivity index (χ1n) is 7.05. The first-order chi connectivity index (χ1) is 11.1. The van der Waals surface area contributed by atoms with Crippen LogP contribution >= 0.6 is 0 Å². The average Bonchev–Trinajstić information content (AvgIpc) is 2.56. The van der Waals surface area contributed by atoms with Crippen LogP contribution in [0, 0.1) is 5.82 Å². The topological polar surface area (TPSA) is 55.4 Å². The molecule has 23 heavy (non-hydrogen) atoms. The highest BCUT2D eigenvalue weighted by Gasteiger charge is 2.24. The van der Waals surface area contributed by atoms with Gasteiger partial charge in [0.1, 0.15) is 5.82 Å². The highest BCUT2D eigenvalue weighted by molar-refractivity contribution is 5.96. The van der Waals surface area contributed by atoms with Gasteiger partial charge in [-0.3, -0.25) is 4.79 Å². The first kappa shape index (κ1) is 16.4. The third-order valence-electron chi connectivity index (χ3n) is 2.99. The summed E-state index contributed by atoms with van der Waals surface area (Å²) in [6.45, 7) is 1.68. The minimum atomic E-state index is -1.09. The normalized spacial score (nSPS) is 11.9. The standard InChI is InChI=1S/C18H16FNO3/c1-2-6-16(21)23-17(13-7-4-3-5-8-13)18(22)20-15-11-9-14(19)10-12-15/h2-12,17H,1H3,(H,20,22)/b6-2+. The molecule has 2 rings (SSSR count). The highest BCUT2D eigenvalue weighted by atomic mass is 19.1. The van der Waals surface area contributed by atoms with Gasteiger partial charge in [0.25, 0.3) is 5.91 Å². The van der Waals surface area contributed by atoms with Crippen molar-refractivity contribution in [2.75, 3.05) is 5.32 Å². The lowest BCUT2D eigenvalue weighted by molar-refractivity contribution is -0.149. The molecule has 1 unspecified atom stereocenters. The Morgan fingerprint density at radius 3 is 2.35 bits per heavy atom. The number of hydrogen-bond acceptors (Lipinski definition) is 3. The van der Waals surface area contributed by atoms with Crippen molar-refractivity contribution >= 4 is 17.6 Å². The van der Waals surface area contributed by atoms with E-state index in [0.29, 0.717) is 11.3 Å². The van der Waals surface area contributed by atoms with E-state index in [0.717, 1.165) is 0 Å². The van der Waals surface area contributed by atoms with E-state index in [4.69, 9.17) is 4.74 Å². The quantitative estimate of drug-likeness (QED) is 0.677. The van der Waals surface area contributed by atoms with E-state index in [1.165, 1.54) is 36.4 Å². The van der Waals surface area contributed by atoms with Crippen LogP contribution in [-0.4, -0.2) is 11.9 Å². The largest absolute Gasteiger partial charge is 0.444 e. The van der Waals surface area contributed by atoms with Crippen LogP contribution in [0.2, 0.25) is 0 Å². The fraction of sp³-hybridized carbons (Fsp3) is 0.111. The zero-order valence-corrected chi connectivity index (χ0v) is 12.5. The van der Waals surface area contributed by atoms with E-state index in [1.54, 1.807) is 37.3 Å². The molecule has 0 aromatic heterocycles. The van der Waals surface area contributed by atoms with Crippen molar-refractivity contribution in [1.29, 1.82) is 0 Å². The van der Waals surface area contributed by atoms with Crippen LogP contribution in [0.25, 0.3) is 0 Å². The minimum absolute atomic E-state index is 0.401. The Hall–Kier alpha value is -2.95. The number of halogens is 1. The predicted molar refractivity (Wildman–Crippen MR) is 85.1 cm³/mol. The van der Waals surface area contributed by atoms with E-state index in [1.807, 2.05) is 0 Å². The van der Waals surface area contributed by atoms with E-state index in [-0.39, 0.29) is 0 Å². The van der Waals surface area contributed by atoms with Gasteiger partial charge < -0.3 is 10.1 Å². The van der Waals surface area contributed by atoms with Gasteiger partial charge in [0, 0.05) is 17.3 Å². The summed E-state index contributed by atoms with van der Waals surface area (Å²) in [6.07, 6.45) is 1.67. The summed E-state index contributed by atoms with van der Waals surface area (Å²) >= 11 is 0. The molecule has 0 fully saturated rings. The number of amides is 1. The molecule has 0 aliphatic heterocycles. The number of nitrogens with one attached hydrogen (secondary N) is 1. The van der Waals surface area contributed by atoms with Gasteiger partial charge in [-0.25, -0.2) is 9.18 Å². The average molecular weight is 313 g/mol. The van der Waals surface area contributed by atoms with Crippen LogP contribution in [-0.2, 0) is 14.3 Å². The summed E-state index contributed by atoms with van der Waals surface area (Å²) in [5.41, 5.74) is 0.962. The van der Waals surface area contributed by atoms with Crippen molar-refractivity contribution < 1.29 is 18.7 Å². The fourth-order valence-corrected chi connectivity index (χ4v) is 1.93. The third-order valence-corrected chi connectivity index (χ3v) is 2.99. The molecule has 5 heteroatoms. The number of hydrogen-bond donors (Lipinski definition) is 1. The smallest absolute Gasteiger partial charge is 0.331 e. The van der Waals surface area contributed by atoms with Crippen molar-refractivity contribution in [3.8, 4) is 0 Å². The number of esters is 1. The van der Waals surface area contributed by atoms with Crippen LogP contribution in [0.15, 0.2) is 66.7 Å². The highest BCUT2D eigenvalue weighted by Crippen LogP contribution is 2.20. The molecule has 0 aliphatic carbocycles. The van der Waals surface area contributed by atoms with Crippen LogP contribution in [0.5, 0.6) is 0 Å². The molecule has 0 heterocycles. The molecule has 1 amide bonds. The van der Waals surface area contributed by atoms with Gasteiger partial charge in [-0.1, -0.05) is 36.4 Å². The molecule has 0 saturated carbocycles. The number of benzene rings is 2. The summed E-state index contributed by atoms with van der Waals surface area (Å²) < 4.78 is 18.1. The van der Waals surface area contributed by atoms with Gasteiger partial charge in [-0.2, -0.15) is 0 Å². The van der Waals surface area contributed by atoms with Crippen LogP contribution in [0.1, 0.15) is 18.6 Å². The van der Waals surface area contributed by atoms with Gasteiger partial charge in [-0.05, 0) is 31.2 Å². The predicted octanol–water partition coefficient (Wildman–Crippen LogP) is 3.62.